The summed E-state index contributed by atoms with van der Waals surface area (Å²) in [6, 6.07) is 6.82. The fourth-order valence-electron chi connectivity index (χ4n) is 2.83. The molecule has 2 rings (SSSR count). The molecule has 1 fully saturated rings. The number of rotatable bonds is 6. The maximum absolute atomic E-state index is 12.0. The van der Waals surface area contributed by atoms with E-state index in [1.54, 1.807) is 24.3 Å². The average molecular weight is 312 g/mol. The van der Waals surface area contributed by atoms with Crippen molar-refractivity contribution in [1.29, 1.82) is 0 Å². The Morgan fingerprint density at radius 1 is 1.19 bits per heavy atom. The van der Waals surface area contributed by atoms with Gasteiger partial charge in [-0.15, -0.1) is 0 Å². The number of anilines is 1. The first-order valence-electron chi connectivity index (χ1n) is 7.32. The Hall–Kier alpha value is -1.11. The minimum absolute atomic E-state index is 0.256. The van der Waals surface area contributed by atoms with Gasteiger partial charge in [-0.25, -0.2) is 12.7 Å². The molecule has 118 valence electrons. The number of nitrogens with zero attached hydrogens (tertiary/aromatic N) is 1. The third-order valence-electron chi connectivity index (χ3n) is 4.25. The van der Waals surface area contributed by atoms with Crippen molar-refractivity contribution in [2.75, 3.05) is 32.6 Å². The maximum Gasteiger partial charge on any atom is 0.242 e. The molecule has 1 aromatic carbocycles. The molecule has 2 atom stereocenters. The van der Waals surface area contributed by atoms with Crippen molar-refractivity contribution >= 4 is 15.7 Å². The van der Waals surface area contributed by atoms with Crippen molar-refractivity contribution in [1.82, 2.24) is 4.31 Å². The van der Waals surface area contributed by atoms with Gasteiger partial charge in [0, 0.05) is 32.9 Å². The Labute approximate surface area is 127 Å². The van der Waals surface area contributed by atoms with Crippen LogP contribution in [0.5, 0.6) is 0 Å². The summed E-state index contributed by atoms with van der Waals surface area (Å²) < 4.78 is 25.1. The number of hydrogen-bond acceptors (Lipinski definition) is 4. The van der Waals surface area contributed by atoms with Gasteiger partial charge in [0.05, 0.1) is 4.90 Å². The second kappa shape index (κ2) is 6.77. The summed E-state index contributed by atoms with van der Waals surface area (Å²) in [5.41, 5.74) is 0.913. The lowest BCUT2D eigenvalue weighted by Gasteiger charge is -2.18. The minimum atomic E-state index is -3.36. The van der Waals surface area contributed by atoms with Crippen molar-refractivity contribution < 1.29 is 13.5 Å². The van der Waals surface area contributed by atoms with Crippen molar-refractivity contribution in [2.45, 2.75) is 24.2 Å². The van der Waals surface area contributed by atoms with Gasteiger partial charge in [0.1, 0.15) is 0 Å². The molecule has 0 spiro atoms. The lowest BCUT2D eigenvalue weighted by Crippen LogP contribution is -2.22. The molecular weight excluding hydrogens is 288 g/mol. The second-order valence-electron chi connectivity index (χ2n) is 5.83. The normalized spacial score (nSPS) is 22.7. The molecule has 5 nitrogen and oxygen atoms in total. The van der Waals surface area contributed by atoms with Gasteiger partial charge in [0.15, 0.2) is 0 Å². The molecular formula is C15H24N2O3S. The predicted octanol–water partition coefficient (Wildman–Crippen LogP) is 1.76. The molecule has 1 aliphatic rings. The highest BCUT2D eigenvalue weighted by atomic mass is 32.2. The van der Waals surface area contributed by atoms with Gasteiger partial charge in [-0.2, -0.15) is 0 Å². The van der Waals surface area contributed by atoms with Crippen LogP contribution in [0.1, 0.15) is 19.3 Å². The van der Waals surface area contributed by atoms with Crippen LogP contribution in [-0.4, -0.2) is 45.1 Å². The van der Waals surface area contributed by atoms with E-state index in [0.717, 1.165) is 25.1 Å². The zero-order valence-electron chi connectivity index (χ0n) is 12.6. The topological polar surface area (TPSA) is 69.6 Å². The van der Waals surface area contributed by atoms with Crippen LogP contribution in [-0.2, 0) is 10.0 Å². The molecule has 0 bridgehead atoms. The van der Waals surface area contributed by atoms with Crippen LogP contribution >= 0.6 is 0 Å². The van der Waals surface area contributed by atoms with Crippen LogP contribution in [0.3, 0.4) is 0 Å². The van der Waals surface area contributed by atoms with Crippen molar-refractivity contribution in [2.24, 2.45) is 11.8 Å². The Morgan fingerprint density at radius 3 is 2.38 bits per heavy atom. The third-order valence-corrected chi connectivity index (χ3v) is 6.08. The highest BCUT2D eigenvalue weighted by Gasteiger charge is 2.26. The smallest absolute Gasteiger partial charge is 0.242 e. The molecule has 0 saturated heterocycles. The quantitative estimate of drug-likeness (QED) is 0.840. The van der Waals surface area contributed by atoms with Gasteiger partial charge in [-0.05, 0) is 48.9 Å². The molecule has 6 heteroatoms. The van der Waals surface area contributed by atoms with Crippen LogP contribution in [0.2, 0.25) is 0 Å². The summed E-state index contributed by atoms with van der Waals surface area (Å²) >= 11 is 0. The van der Waals surface area contributed by atoms with E-state index in [0.29, 0.717) is 16.7 Å². The van der Waals surface area contributed by atoms with Crippen LogP contribution in [0, 0.1) is 11.8 Å². The number of aliphatic hydroxyl groups is 1. The predicted molar refractivity (Wildman–Crippen MR) is 83.7 cm³/mol. The number of hydrogen-bond donors (Lipinski definition) is 2. The van der Waals surface area contributed by atoms with Crippen LogP contribution in [0.4, 0.5) is 5.69 Å². The highest BCUT2D eigenvalue weighted by molar-refractivity contribution is 7.89. The Morgan fingerprint density at radius 2 is 1.81 bits per heavy atom. The molecule has 2 N–H and O–H groups in total. The van der Waals surface area contributed by atoms with Gasteiger partial charge >= 0.3 is 0 Å². The van der Waals surface area contributed by atoms with E-state index in [1.807, 2.05) is 0 Å². The van der Waals surface area contributed by atoms with Crippen LogP contribution < -0.4 is 5.32 Å². The van der Waals surface area contributed by atoms with E-state index in [1.165, 1.54) is 24.8 Å². The standard InChI is InChI=1S/C15H24N2O3S/c1-17(2)21(19,20)15-8-6-14(7-9-15)16-10-12-4-3-5-13(12)11-18/h6-9,12-13,16,18H,3-5,10-11H2,1-2H3. The molecule has 2 unspecified atom stereocenters. The maximum atomic E-state index is 12.0. The first kappa shape index (κ1) is 16.3. The van der Waals surface area contributed by atoms with E-state index in [9.17, 15) is 13.5 Å². The van der Waals surface area contributed by atoms with Crippen molar-refractivity contribution in [3.05, 3.63) is 24.3 Å². The molecule has 0 radical (unpaired) electrons. The second-order valence-corrected chi connectivity index (χ2v) is 7.98. The fraction of sp³-hybridized carbons (Fsp3) is 0.600. The Balaban J connectivity index is 1.97. The highest BCUT2D eigenvalue weighted by Crippen LogP contribution is 2.31. The molecule has 0 amide bonds. The van der Waals surface area contributed by atoms with E-state index >= 15 is 0 Å². The van der Waals surface area contributed by atoms with Crippen LogP contribution in [0.15, 0.2) is 29.2 Å². The summed E-state index contributed by atoms with van der Waals surface area (Å²) in [6.45, 7) is 1.08. The van der Waals surface area contributed by atoms with Gasteiger partial charge in [-0.3, -0.25) is 0 Å². The van der Waals surface area contributed by atoms with Crippen molar-refractivity contribution in [3.63, 3.8) is 0 Å². The lowest BCUT2D eigenvalue weighted by atomic mass is 9.97. The van der Waals surface area contributed by atoms with Gasteiger partial charge in [-0.1, -0.05) is 6.42 Å². The number of sulfonamides is 1. The third kappa shape index (κ3) is 3.75. The summed E-state index contributed by atoms with van der Waals surface area (Å²) in [5, 5.41) is 12.7. The minimum Gasteiger partial charge on any atom is -0.396 e. The monoisotopic (exact) mass is 312 g/mol. The Bertz CT molecular complexity index is 555. The SMILES string of the molecule is CN(C)S(=O)(=O)c1ccc(NCC2CCCC2CO)cc1. The zero-order chi connectivity index (χ0) is 15.5. The summed E-state index contributed by atoms with van der Waals surface area (Å²) in [7, 11) is -0.316. The molecule has 1 aromatic rings. The first-order chi connectivity index (χ1) is 9.95. The van der Waals surface area contributed by atoms with E-state index in [2.05, 4.69) is 5.32 Å². The molecule has 1 saturated carbocycles. The van der Waals surface area contributed by atoms with Gasteiger partial charge in [0.2, 0.25) is 10.0 Å². The Kier molecular flexibility index (Phi) is 5.24. The van der Waals surface area contributed by atoms with E-state index in [4.69, 9.17) is 0 Å². The number of nitrogens with one attached hydrogen (secondary N) is 1. The van der Waals surface area contributed by atoms with Crippen LogP contribution in [0.25, 0.3) is 0 Å². The first-order valence-corrected chi connectivity index (χ1v) is 8.76. The van der Waals surface area contributed by atoms with Gasteiger partial charge in [0.25, 0.3) is 0 Å². The largest absolute Gasteiger partial charge is 0.396 e. The van der Waals surface area contributed by atoms with Crippen molar-refractivity contribution in [3.8, 4) is 0 Å². The summed E-state index contributed by atoms with van der Waals surface area (Å²) in [5.74, 6) is 0.895. The average Bonchev–Trinajstić information content (AvgIpc) is 2.92. The zero-order valence-corrected chi connectivity index (χ0v) is 13.4. The fourth-order valence-corrected chi connectivity index (χ4v) is 3.73. The molecule has 1 aliphatic carbocycles. The number of benzene rings is 1. The van der Waals surface area contributed by atoms with E-state index < -0.39 is 10.0 Å². The van der Waals surface area contributed by atoms with Gasteiger partial charge < -0.3 is 10.4 Å². The number of aliphatic hydroxyl groups excluding tert-OH is 1. The lowest BCUT2D eigenvalue weighted by molar-refractivity contribution is 0.199. The summed E-state index contributed by atoms with van der Waals surface area (Å²) in [4.78, 5) is 0.298. The molecule has 21 heavy (non-hydrogen) atoms. The molecule has 0 aliphatic heterocycles. The van der Waals surface area contributed by atoms with E-state index in [-0.39, 0.29) is 6.61 Å². The molecule has 0 aromatic heterocycles. The summed E-state index contributed by atoms with van der Waals surface area (Å²) in [6.07, 6.45) is 3.42. The molecule has 0 heterocycles.